The Morgan fingerprint density at radius 3 is 0.837 bits per heavy atom. The van der Waals surface area contributed by atoms with E-state index in [-0.39, 0.29) is 53.3 Å². The molecule has 6 heterocycles. The highest BCUT2D eigenvalue weighted by Gasteiger charge is 2.34. The van der Waals surface area contributed by atoms with Crippen LogP contribution in [0.25, 0.3) is 0 Å². The van der Waals surface area contributed by atoms with E-state index in [4.69, 9.17) is 23.2 Å². The standard InChI is InChI=1S/C68H64Cl2N8O8/c1-33-57(41(9)79)37(5)71-65(33)61(43-11-19-47(69)20-12-43)51-27-28-52(75-51)62(44-13-21-48(70)22-14-44)67-35(3)59(39(7)73-67)55(81)31-32-56(82)60-36(4)68(74-40(60)8)64(46-17-25-50(26-18-46)78(85)86)54-30-29-53(76-54)63(45-15-23-49(24-16-45)77(83)84)66-34(2)58(42(10)80)38(6)72-66/h11-30,61-64,71-76H,31-32H2,1-10H3. The minimum absolute atomic E-state index is 0.0294. The number of nitro benzene ring substituents is 2. The molecule has 0 spiro atoms. The van der Waals surface area contributed by atoms with E-state index >= 15 is 0 Å². The Balaban J connectivity index is 0.971. The van der Waals surface area contributed by atoms with Gasteiger partial charge in [-0.1, -0.05) is 71.7 Å². The van der Waals surface area contributed by atoms with E-state index in [1.807, 2.05) is 128 Å². The molecule has 0 aliphatic rings. The molecule has 4 aromatic carbocycles. The molecule has 10 aromatic rings. The van der Waals surface area contributed by atoms with Crippen LogP contribution in [0.3, 0.4) is 0 Å². The van der Waals surface area contributed by atoms with Gasteiger partial charge in [0, 0.05) is 138 Å². The molecule has 0 aliphatic carbocycles. The Labute approximate surface area is 506 Å². The Morgan fingerprint density at radius 2 is 0.605 bits per heavy atom. The van der Waals surface area contributed by atoms with E-state index in [0.717, 1.165) is 62.0 Å². The number of carbonyl (C=O) groups is 4. The number of aromatic amines is 6. The van der Waals surface area contributed by atoms with Crippen LogP contribution in [0.5, 0.6) is 0 Å². The largest absolute Gasteiger partial charge is 0.361 e. The van der Waals surface area contributed by atoms with Gasteiger partial charge in [0.25, 0.3) is 11.4 Å². The summed E-state index contributed by atoms with van der Waals surface area (Å²) in [4.78, 5) is 99.3. The molecule has 4 unspecified atom stereocenters. The topological polar surface area (TPSA) is 249 Å². The number of nitrogens with zero attached hydrogens (tertiary/aromatic N) is 2. The van der Waals surface area contributed by atoms with Crippen molar-refractivity contribution in [3.8, 4) is 0 Å². The number of nitro groups is 2. The normalized spacial score (nSPS) is 12.9. The number of benzene rings is 4. The van der Waals surface area contributed by atoms with Crippen LogP contribution in [0.2, 0.25) is 10.0 Å². The second kappa shape index (κ2) is 23.9. The number of halogens is 2. The molecular weight excluding hydrogens is 1130 g/mol. The highest BCUT2D eigenvalue weighted by Crippen LogP contribution is 2.43. The van der Waals surface area contributed by atoms with Gasteiger partial charge >= 0.3 is 0 Å². The number of non-ortho nitro benzene ring substituents is 2. The molecule has 6 N–H and O–H groups in total. The van der Waals surface area contributed by atoms with Gasteiger partial charge in [0.2, 0.25) is 0 Å². The molecule has 6 aromatic heterocycles. The molecule has 0 bridgehead atoms. The van der Waals surface area contributed by atoms with Crippen LogP contribution >= 0.6 is 23.2 Å². The van der Waals surface area contributed by atoms with E-state index in [0.29, 0.717) is 83.2 Å². The van der Waals surface area contributed by atoms with Crippen LogP contribution in [0, 0.1) is 75.6 Å². The summed E-state index contributed by atoms with van der Waals surface area (Å²) in [5.41, 5.74) is 17.0. The molecule has 0 amide bonds. The number of aromatic nitrogens is 6. The summed E-state index contributed by atoms with van der Waals surface area (Å²) in [5.74, 6) is -2.53. The van der Waals surface area contributed by atoms with Crippen molar-refractivity contribution in [3.63, 3.8) is 0 Å². The maximum absolute atomic E-state index is 14.7. The minimum atomic E-state index is -0.624. The van der Waals surface area contributed by atoms with Crippen molar-refractivity contribution < 1.29 is 29.0 Å². The fraction of sp³-hybridized carbons (Fsp3) is 0.235. The molecule has 4 atom stereocenters. The number of rotatable bonds is 21. The molecule has 0 radical (unpaired) electrons. The maximum Gasteiger partial charge on any atom is 0.269 e. The quantitative estimate of drug-likeness (QED) is 0.0229. The molecule has 18 heteroatoms. The van der Waals surface area contributed by atoms with E-state index in [1.165, 1.54) is 31.2 Å². The number of carbonyl (C=O) groups excluding carboxylic acids is 4. The number of hydrogen-bond acceptors (Lipinski definition) is 8. The van der Waals surface area contributed by atoms with Crippen molar-refractivity contribution in [2.75, 3.05) is 0 Å². The van der Waals surface area contributed by atoms with E-state index in [2.05, 4.69) is 29.9 Å². The minimum Gasteiger partial charge on any atom is -0.361 e. The summed E-state index contributed by atoms with van der Waals surface area (Å²) in [6.45, 7) is 18.1. The van der Waals surface area contributed by atoms with Gasteiger partial charge in [-0.25, -0.2) is 0 Å². The first-order valence-corrected chi connectivity index (χ1v) is 28.9. The van der Waals surface area contributed by atoms with Crippen molar-refractivity contribution in [3.05, 3.63) is 287 Å². The number of hydrogen-bond donors (Lipinski definition) is 6. The SMILES string of the molecule is CC(=O)c1c(C)[nH]c(C(c2ccc(Cl)cc2)c2ccc(C(c3ccc(Cl)cc3)c3[nH]c(C)c(C(=O)CCC(=O)c4c(C)[nH]c(C(c5ccc([N+](=O)[O-])cc5)c5ccc(C(c6ccc([N+](=O)[O-])cc6)c6[nH]c(C)c(C(C)=O)c6C)[nH]5)c4C)c3C)[nH]2)c1C. The molecule has 438 valence electrons. The van der Waals surface area contributed by atoms with Crippen molar-refractivity contribution in [1.82, 2.24) is 29.9 Å². The van der Waals surface area contributed by atoms with Crippen LogP contribution in [-0.2, 0) is 0 Å². The summed E-state index contributed by atoms with van der Waals surface area (Å²) in [6, 6.07) is 35.6. The van der Waals surface area contributed by atoms with Crippen molar-refractivity contribution in [1.29, 1.82) is 0 Å². The number of Topliss-reactive ketones (excluding diaryl/α,β-unsaturated/α-hetero) is 4. The summed E-state index contributed by atoms with van der Waals surface area (Å²) < 4.78 is 0. The number of aryl methyl sites for hydroxylation is 4. The average molecular weight is 1190 g/mol. The van der Waals surface area contributed by atoms with Crippen LogP contribution in [0.4, 0.5) is 11.4 Å². The molecular formula is C68H64Cl2N8O8. The van der Waals surface area contributed by atoms with Crippen molar-refractivity contribution in [2.45, 2.75) is 106 Å². The molecule has 0 saturated carbocycles. The molecule has 0 saturated heterocycles. The second-order valence-electron chi connectivity index (χ2n) is 22.4. The third-order valence-corrected chi connectivity index (χ3v) is 17.4. The van der Waals surface area contributed by atoms with Crippen molar-refractivity contribution in [2.24, 2.45) is 0 Å². The first-order chi connectivity index (χ1) is 40.9. The second-order valence-corrected chi connectivity index (χ2v) is 23.3. The molecule has 0 aliphatic heterocycles. The summed E-state index contributed by atoms with van der Waals surface area (Å²) in [5, 5.41) is 24.8. The smallest absolute Gasteiger partial charge is 0.269 e. The lowest BCUT2D eigenvalue weighted by Crippen LogP contribution is -2.10. The summed E-state index contributed by atoms with van der Waals surface area (Å²) in [6.07, 6.45) is -0.191. The monoisotopic (exact) mass is 1190 g/mol. The predicted molar refractivity (Wildman–Crippen MR) is 333 cm³/mol. The summed E-state index contributed by atoms with van der Waals surface area (Å²) in [7, 11) is 0. The number of nitrogens with one attached hydrogen (secondary N) is 6. The van der Waals surface area contributed by atoms with E-state index < -0.39 is 27.6 Å². The zero-order chi connectivity index (χ0) is 61.7. The fourth-order valence-corrected chi connectivity index (χ4v) is 13.3. The Hall–Kier alpha value is -9.38. The molecule has 0 fully saturated rings. The summed E-state index contributed by atoms with van der Waals surface area (Å²) >= 11 is 12.9. The van der Waals surface area contributed by atoms with Gasteiger partial charge in [0.15, 0.2) is 23.1 Å². The third kappa shape index (κ3) is 11.2. The Kier molecular flexibility index (Phi) is 16.6. The fourth-order valence-electron chi connectivity index (χ4n) is 13.0. The van der Waals surface area contributed by atoms with Crippen LogP contribution in [0.1, 0.15) is 205 Å². The lowest BCUT2D eigenvalue weighted by atomic mass is 9.88. The average Bonchev–Trinajstić information content (AvgIpc) is 1.95. The van der Waals surface area contributed by atoms with Gasteiger partial charge < -0.3 is 29.9 Å². The third-order valence-electron chi connectivity index (χ3n) is 16.9. The van der Waals surface area contributed by atoms with Crippen LogP contribution in [-0.4, -0.2) is 62.9 Å². The number of ketones is 4. The van der Waals surface area contributed by atoms with Crippen LogP contribution in [0.15, 0.2) is 121 Å². The molecule has 86 heavy (non-hydrogen) atoms. The Bertz CT molecular complexity index is 4300. The van der Waals surface area contributed by atoms with Gasteiger partial charge in [0.05, 0.1) is 33.5 Å². The highest BCUT2D eigenvalue weighted by atomic mass is 35.5. The zero-order valence-corrected chi connectivity index (χ0v) is 50.7. The van der Waals surface area contributed by atoms with Crippen molar-refractivity contribution >= 4 is 57.7 Å². The first kappa shape index (κ1) is 59.8. The first-order valence-electron chi connectivity index (χ1n) is 28.2. The zero-order valence-electron chi connectivity index (χ0n) is 49.2. The molecule has 16 nitrogen and oxygen atoms in total. The van der Waals surface area contributed by atoms with Gasteiger partial charge in [-0.15, -0.1) is 0 Å². The Morgan fingerprint density at radius 1 is 0.372 bits per heavy atom. The van der Waals surface area contributed by atoms with E-state index in [9.17, 15) is 39.4 Å². The maximum atomic E-state index is 14.7. The van der Waals surface area contributed by atoms with Gasteiger partial charge in [-0.3, -0.25) is 39.4 Å². The molecule has 10 rings (SSSR count). The van der Waals surface area contributed by atoms with E-state index in [1.54, 1.807) is 31.2 Å². The number of H-pyrrole nitrogens is 6. The van der Waals surface area contributed by atoms with Gasteiger partial charge in [-0.2, -0.15) is 0 Å². The van der Waals surface area contributed by atoms with Gasteiger partial charge in [0.1, 0.15) is 0 Å². The van der Waals surface area contributed by atoms with Gasteiger partial charge in [-0.05, 0) is 162 Å². The lowest BCUT2D eigenvalue weighted by Gasteiger charge is -2.20. The highest BCUT2D eigenvalue weighted by molar-refractivity contribution is 6.30. The van der Waals surface area contributed by atoms with Crippen LogP contribution < -0.4 is 0 Å². The predicted octanol–water partition coefficient (Wildman–Crippen LogP) is 16.2. The lowest BCUT2D eigenvalue weighted by molar-refractivity contribution is -0.385.